The summed E-state index contributed by atoms with van der Waals surface area (Å²) in [5.74, 6) is 1.28. The summed E-state index contributed by atoms with van der Waals surface area (Å²) in [4.78, 5) is 14.9. The third-order valence-electron chi connectivity index (χ3n) is 4.03. The third-order valence-corrected chi connectivity index (χ3v) is 4.03. The molecular weight excluding hydrogens is 278 g/mol. The lowest BCUT2D eigenvalue weighted by Crippen LogP contribution is -2.37. The number of morpholine rings is 1. The summed E-state index contributed by atoms with van der Waals surface area (Å²) < 4.78 is 11.0. The van der Waals surface area contributed by atoms with Gasteiger partial charge in [-0.3, -0.25) is 9.69 Å². The molecule has 1 saturated heterocycles. The van der Waals surface area contributed by atoms with E-state index in [1.54, 1.807) is 0 Å². The molecule has 0 saturated carbocycles. The Morgan fingerprint density at radius 1 is 1.32 bits per heavy atom. The van der Waals surface area contributed by atoms with Crippen molar-refractivity contribution in [1.82, 2.24) is 4.90 Å². The minimum atomic E-state index is 0.164. The van der Waals surface area contributed by atoms with Crippen LogP contribution >= 0.6 is 0 Å². The normalized spacial score (nSPS) is 16.0. The van der Waals surface area contributed by atoms with Crippen LogP contribution in [0.1, 0.15) is 49.0 Å². The zero-order valence-electron chi connectivity index (χ0n) is 13.9. The number of ether oxygens (including phenoxy) is 2. The van der Waals surface area contributed by atoms with Crippen LogP contribution in [0, 0.1) is 0 Å². The smallest absolute Gasteiger partial charge is 0.167 e. The van der Waals surface area contributed by atoms with Crippen molar-refractivity contribution in [1.29, 1.82) is 0 Å². The second-order valence-electron chi connectivity index (χ2n) is 5.97. The van der Waals surface area contributed by atoms with Crippen LogP contribution in [-0.4, -0.2) is 50.1 Å². The van der Waals surface area contributed by atoms with Gasteiger partial charge in [0, 0.05) is 26.1 Å². The highest BCUT2D eigenvalue weighted by Gasteiger charge is 2.17. The second-order valence-corrected chi connectivity index (χ2v) is 5.97. The van der Waals surface area contributed by atoms with E-state index < -0.39 is 0 Å². The first-order valence-electron chi connectivity index (χ1n) is 8.22. The van der Waals surface area contributed by atoms with Crippen molar-refractivity contribution < 1.29 is 14.3 Å². The van der Waals surface area contributed by atoms with E-state index in [0.29, 0.717) is 24.7 Å². The topological polar surface area (TPSA) is 38.8 Å². The maximum absolute atomic E-state index is 12.6. The maximum Gasteiger partial charge on any atom is 0.167 e. The summed E-state index contributed by atoms with van der Waals surface area (Å²) in [6.45, 7) is 10.9. The number of hydrogen-bond donors (Lipinski definition) is 0. The number of ketones is 1. The standard InChI is InChI=1S/C18H27NO3/c1-4-22-18-6-5-15(14(2)3)13-16(18)17(20)7-8-19-9-11-21-12-10-19/h5-6,13-14H,4,7-12H2,1-3H3. The van der Waals surface area contributed by atoms with Crippen molar-refractivity contribution in [3.05, 3.63) is 29.3 Å². The van der Waals surface area contributed by atoms with Crippen molar-refractivity contribution in [3.63, 3.8) is 0 Å². The van der Waals surface area contributed by atoms with Crippen molar-refractivity contribution >= 4 is 5.78 Å². The average molecular weight is 305 g/mol. The van der Waals surface area contributed by atoms with Gasteiger partial charge in [-0.15, -0.1) is 0 Å². The average Bonchev–Trinajstić information content (AvgIpc) is 2.54. The molecule has 0 aliphatic carbocycles. The molecule has 0 radical (unpaired) electrons. The molecule has 4 nitrogen and oxygen atoms in total. The zero-order chi connectivity index (χ0) is 15.9. The Balaban J connectivity index is 2.06. The number of carbonyl (C=O) groups excluding carboxylic acids is 1. The van der Waals surface area contributed by atoms with Crippen LogP contribution in [0.5, 0.6) is 5.75 Å². The molecule has 122 valence electrons. The number of benzene rings is 1. The van der Waals surface area contributed by atoms with Crippen LogP contribution < -0.4 is 4.74 Å². The molecule has 1 aromatic carbocycles. The van der Waals surface area contributed by atoms with E-state index in [1.165, 1.54) is 5.56 Å². The molecule has 1 aliphatic rings. The lowest BCUT2D eigenvalue weighted by molar-refractivity contribution is 0.0370. The number of carbonyl (C=O) groups is 1. The summed E-state index contributed by atoms with van der Waals surface area (Å²) in [6, 6.07) is 5.98. The van der Waals surface area contributed by atoms with E-state index in [-0.39, 0.29) is 5.78 Å². The molecule has 0 unspecified atom stereocenters. The molecule has 1 aromatic rings. The first kappa shape index (κ1) is 17.0. The molecule has 0 spiro atoms. The minimum absolute atomic E-state index is 0.164. The lowest BCUT2D eigenvalue weighted by Gasteiger charge is -2.26. The van der Waals surface area contributed by atoms with Crippen molar-refractivity contribution in [2.75, 3.05) is 39.5 Å². The summed E-state index contributed by atoms with van der Waals surface area (Å²) >= 11 is 0. The second kappa shape index (κ2) is 8.30. The van der Waals surface area contributed by atoms with Crippen LogP contribution in [0.3, 0.4) is 0 Å². The SMILES string of the molecule is CCOc1ccc(C(C)C)cc1C(=O)CCN1CCOCC1. The first-order chi connectivity index (χ1) is 10.6. The Kier molecular flexibility index (Phi) is 6.40. The highest BCUT2D eigenvalue weighted by atomic mass is 16.5. The minimum Gasteiger partial charge on any atom is -0.493 e. The summed E-state index contributed by atoms with van der Waals surface area (Å²) in [6.07, 6.45) is 0.529. The van der Waals surface area contributed by atoms with E-state index in [4.69, 9.17) is 9.47 Å². The Morgan fingerprint density at radius 2 is 2.05 bits per heavy atom. The zero-order valence-corrected chi connectivity index (χ0v) is 13.9. The molecule has 22 heavy (non-hydrogen) atoms. The van der Waals surface area contributed by atoms with Gasteiger partial charge in [-0.05, 0) is 30.5 Å². The van der Waals surface area contributed by atoms with Gasteiger partial charge in [0.15, 0.2) is 5.78 Å². The predicted octanol–water partition coefficient (Wildman–Crippen LogP) is 3.11. The van der Waals surface area contributed by atoms with E-state index in [9.17, 15) is 4.79 Å². The van der Waals surface area contributed by atoms with Crippen LogP contribution in [0.15, 0.2) is 18.2 Å². The van der Waals surface area contributed by atoms with Gasteiger partial charge in [0.25, 0.3) is 0 Å². The molecule has 1 aliphatic heterocycles. The van der Waals surface area contributed by atoms with Gasteiger partial charge in [0.2, 0.25) is 0 Å². The first-order valence-corrected chi connectivity index (χ1v) is 8.22. The number of rotatable bonds is 7. The van der Waals surface area contributed by atoms with Gasteiger partial charge in [-0.1, -0.05) is 19.9 Å². The Labute approximate surface area is 133 Å². The molecule has 2 rings (SSSR count). The molecular formula is C18H27NO3. The molecule has 0 bridgehead atoms. The monoisotopic (exact) mass is 305 g/mol. The Bertz CT molecular complexity index is 493. The largest absolute Gasteiger partial charge is 0.493 e. The van der Waals surface area contributed by atoms with Gasteiger partial charge in [0.05, 0.1) is 25.4 Å². The van der Waals surface area contributed by atoms with Gasteiger partial charge >= 0.3 is 0 Å². The molecule has 0 amide bonds. The van der Waals surface area contributed by atoms with E-state index in [2.05, 4.69) is 24.8 Å². The Morgan fingerprint density at radius 3 is 2.68 bits per heavy atom. The van der Waals surface area contributed by atoms with Gasteiger partial charge < -0.3 is 9.47 Å². The number of hydrogen-bond acceptors (Lipinski definition) is 4. The highest BCUT2D eigenvalue weighted by molar-refractivity contribution is 5.99. The highest BCUT2D eigenvalue weighted by Crippen LogP contribution is 2.25. The van der Waals surface area contributed by atoms with Crippen LogP contribution in [0.4, 0.5) is 0 Å². The fraction of sp³-hybridized carbons (Fsp3) is 0.611. The maximum atomic E-state index is 12.6. The van der Waals surface area contributed by atoms with E-state index in [0.717, 1.165) is 38.4 Å². The molecule has 0 aromatic heterocycles. The van der Waals surface area contributed by atoms with E-state index in [1.807, 2.05) is 19.1 Å². The van der Waals surface area contributed by atoms with Gasteiger partial charge in [-0.25, -0.2) is 0 Å². The third kappa shape index (κ3) is 4.55. The fourth-order valence-electron chi connectivity index (χ4n) is 2.63. The fourth-order valence-corrected chi connectivity index (χ4v) is 2.63. The van der Waals surface area contributed by atoms with Crippen molar-refractivity contribution in [3.8, 4) is 5.75 Å². The summed E-state index contributed by atoms with van der Waals surface area (Å²) in [7, 11) is 0. The molecule has 1 fully saturated rings. The van der Waals surface area contributed by atoms with Gasteiger partial charge in [0.1, 0.15) is 5.75 Å². The van der Waals surface area contributed by atoms with Gasteiger partial charge in [-0.2, -0.15) is 0 Å². The molecule has 1 heterocycles. The van der Waals surface area contributed by atoms with Crippen molar-refractivity contribution in [2.45, 2.75) is 33.1 Å². The van der Waals surface area contributed by atoms with E-state index >= 15 is 0 Å². The van der Waals surface area contributed by atoms with Crippen molar-refractivity contribution in [2.24, 2.45) is 0 Å². The summed E-state index contributed by atoms with van der Waals surface area (Å²) in [5, 5.41) is 0. The number of Topliss-reactive ketones (excluding diaryl/α,β-unsaturated/α-hetero) is 1. The van der Waals surface area contributed by atoms with Crippen LogP contribution in [0.2, 0.25) is 0 Å². The molecule has 0 atom stereocenters. The Hall–Kier alpha value is -1.39. The number of nitrogens with zero attached hydrogens (tertiary/aromatic N) is 1. The quantitative estimate of drug-likeness (QED) is 0.726. The molecule has 4 heteroatoms. The predicted molar refractivity (Wildman–Crippen MR) is 87.9 cm³/mol. The van der Waals surface area contributed by atoms with Crippen LogP contribution in [-0.2, 0) is 4.74 Å². The lowest BCUT2D eigenvalue weighted by atomic mass is 9.97. The van der Waals surface area contributed by atoms with Crippen LogP contribution in [0.25, 0.3) is 0 Å². The summed E-state index contributed by atoms with van der Waals surface area (Å²) in [5.41, 5.74) is 1.90. The molecule has 0 N–H and O–H groups in total.